The van der Waals surface area contributed by atoms with E-state index in [1.807, 2.05) is 18.2 Å². The first-order chi connectivity index (χ1) is 8.09. The molecular formula is C11H7BrCl2N2O. The van der Waals surface area contributed by atoms with E-state index in [1.165, 1.54) is 10.9 Å². The predicted octanol–water partition coefficient (Wildman–Crippen LogP) is 3.36. The van der Waals surface area contributed by atoms with Gasteiger partial charge in [0.15, 0.2) is 0 Å². The molecule has 0 fully saturated rings. The second kappa shape index (κ2) is 5.21. The Labute approximate surface area is 116 Å². The molecule has 0 bridgehead atoms. The first kappa shape index (κ1) is 12.6. The minimum Gasteiger partial charge on any atom is -0.266 e. The SMILES string of the molecule is O=c1c(Cl)c(Br)cnn1Cc1ccccc1Cl. The molecule has 6 heteroatoms. The molecule has 1 heterocycles. The minimum absolute atomic E-state index is 0.118. The maximum Gasteiger partial charge on any atom is 0.286 e. The molecule has 0 saturated carbocycles. The molecule has 1 aromatic carbocycles. The van der Waals surface area contributed by atoms with Crippen molar-refractivity contribution in [1.29, 1.82) is 0 Å². The summed E-state index contributed by atoms with van der Waals surface area (Å²) in [6.07, 6.45) is 1.49. The zero-order valence-corrected chi connectivity index (χ0v) is 11.6. The van der Waals surface area contributed by atoms with E-state index < -0.39 is 0 Å². The van der Waals surface area contributed by atoms with Crippen LogP contribution < -0.4 is 5.56 Å². The highest BCUT2D eigenvalue weighted by Gasteiger charge is 2.08. The van der Waals surface area contributed by atoms with Crippen LogP contribution in [0.25, 0.3) is 0 Å². The van der Waals surface area contributed by atoms with Crippen LogP contribution in [-0.2, 0) is 6.54 Å². The van der Waals surface area contributed by atoms with Crippen LogP contribution >= 0.6 is 39.1 Å². The van der Waals surface area contributed by atoms with Crippen LogP contribution in [0.2, 0.25) is 10.0 Å². The number of hydrogen-bond donors (Lipinski definition) is 0. The molecule has 2 rings (SSSR count). The van der Waals surface area contributed by atoms with Crippen LogP contribution in [-0.4, -0.2) is 9.78 Å². The number of hydrogen-bond acceptors (Lipinski definition) is 2. The highest BCUT2D eigenvalue weighted by atomic mass is 79.9. The Morgan fingerprint density at radius 3 is 2.71 bits per heavy atom. The third-order valence-electron chi connectivity index (χ3n) is 2.22. The van der Waals surface area contributed by atoms with Crippen LogP contribution in [0.5, 0.6) is 0 Å². The lowest BCUT2D eigenvalue weighted by Gasteiger charge is -2.07. The molecule has 3 nitrogen and oxygen atoms in total. The fourth-order valence-corrected chi connectivity index (χ4v) is 1.95. The summed E-state index contributed by atoms with van der Waals surface area (Å²) in [5.41, 5.74) is 0.475. The average molecular weight is 334 g/mol. The highest BCUT2D eigenvalue weighted by molar-refractivity contribution is 9.10. The molecule has 17 heavy (non-hydrogen) atoms. The molecule has 0 aliphatic heterocycles. The summed E-state index contributed by atoms with van der Waals surface area (Å²) in [6.45, 7) is 0.297. The molecule has 0 radical (unpaired) electrons. The number of benzene rings is 1. The normalized spacial score (nSPS) is 10.5. The van der Waals surface area contributed by atoms with Crippen LogP contribution in [0.4, 0.5) is 0 Å². The summed E-state index contributed by atoms with van der Waals surface area (Å²) in [5.74, 6) is 0. The summed E-state index contributed by atoms with van der Waals surface area (Å²) in [5, 5.41) is 4.70. The van der Waals surface area contributed by atoms with Crippen LogP contribution in [0.3, 0.4) is 0 Å². The van der Waals surface area contributed by atoms with Crippen LogP contribution in [0.1, 0.15) is 5.56 Å². The third kappa shape index (κ3) is 2.70. The van der Waals surface area contributed by atoms with E-state index in [1.54, 1.807) is 6.07 Å². The molecule has 0 aliphatic rings. The molecule has 0 saturated heterocycles. The fraction of sp³-hybridized carbons (Fsp3) is 0.0909. The van der Waals surface area contributed by atoms with Gasteiger partial charge >= 0.3 is 0 Å². The van der Waals surface area contributed by atoms with Crippen LogP contribution in [0, 0.1) is 0 Å². The van der Waals surface area contributed by atoms with Gasteiger partial charge in [0, 0.05) is 5.02 Å². The Morgan fingerprint density at radius 1 is 1.29 bits per heavy atom. The molecular weight excluding hydrogens is 327 g/mol. The van der Waals surface area contributed by atoms with Gasteiger partial charge in [-0.1, -0.05) is 41.4 Å². The molecule has 0 atom stereocenters. The van der Waals surface area contributed by atoms with Gasteiger partial charge in [-0.25, -0.2) is 4.68 Å². The zero-order chi connectivity index (χ0) is 12.4. The predicted molar refractivity (Wildman–Crippen MR) is 71.8 cm³/mol. The quantitative estimate of drug-likeness (QED) is 0.844. The molecule has 2 aromatic rings. The Balaban J connectivity index is 2.41. The van der Waals surface area contributed by atoms with Crippen molar-refractivity contribution in [2.45, 2.75) is 6.54 Å². The van der Waals surface area contributed by atoms with Gasteiger partial charge in [-0.15, -0.1) is 0 Å². The van der Waals surface area contributed by atoms with E-state index in [0.29, 0.717) is 16.0 Å². The van der Waals surface area contributed by atoms with Crippen molar-refractivity contribution in [2.24, 2.45) is 0 Å². The van der Waals surface area contributed by atoms with E-state index in [2.05, 4.69) is 21.0 Å². The summed E-state index contributed by atoms with van der Waals surface area (Å²) in [7, 11) is 0. The topological polar surface area (TPSA) is 34.9 Å². The molecule has 0 aliphatic carbocycles. The van der Waals surface area contributed by atoms with Crippen molar-refractivity contribution < 1.29 is 0 Å². The Morgan fingerprint density at radius 2 is 2.00 bits per heavy atom. The first-order valence-electron chi connectivity index (χ1n) is 4.74. The van der Waals surface area contributed by atoms with Crippen molar-refractivity contribution >= 4 is 39.1 Å². The monoisotopic (exact) mass is 332 g/mol. The maximum absolute atomic E-state index is 11.8. The summed E-state index contributed by atoms with van der Waals surface area (Å²) >= 11 is 15.0. The van der Waals surface area contributed by atoms with Crippen molar-refractivity contribution in [3.8, 4) is 0 Å². The number of rotatable bonds is 2. The summed E-state index contributed by atoms with van der Waals surface area (Å²) in [6, 6.07) is 7.29. The molecule has 0 spiro atoms. The lowest BCUT2D eigenvalue weighted by atomic mass is 10.2. The Bertz CT molecular complexity index is 613. The summed E-state index contributed by atoms with van der Waals surface area (Å²) in [4.78, 5) is 11.8. The van der Waals surface area contributed by atoms with Crippen molar-refractivity contribution in [2.75, 3.05) is 0 Å². The van der Waals surface area contributed by atoms with E-state index in [-0.39, 0.29) is 10.6 Å². The van der Waals surface area contributed by atoms with E-state index in [4.69, 9.17) is 23.2 Å². The van der Waals surface area contributed by atoms with Crippen molar-refractivity contribution in [3.05, 3.63) is 60.9 Å². The highest BCUT2D eigenvalue weighted by Crippen LogP contribution is 2.18. The Hall–Kier alpha value is -0.840. The lowest BCUT2D eigenvalue weighted by molar-refractivity contribution is 0.637. The number of aromatic nitrogens is 2. The Kier molecular flexibility index (Phi) is 3.86. The van der Waals surface area contributed by atoms with E-state index >= 15 is 0 Å². The van der Waals surface area contributed by atoms with Gasteiger partial charge in [-0.3, -0.25) is 4.79 Å². The minimum atomic E-state index is -0.346. The first-order valence-corrected chi connectivity index (χ1v) is 6.29. The second-order valence-corrected chi connectivity index (χ2v) is 5.00. The van der Waals surface area contributed by atoms with Crippen LogP contribution in [0.15, 0.2) is 39.7 Å². The second-order valence-electron chi connectivity index (χ2n) is 3.36. The van der Waals surface area contributed by atoms with Gasteiger partial charge in [-0.05, 0) is 27.6 Å². The van der Waals surface area contributed by atoms with Gasteiger partial charge in [-0.2, -0.15) is 5.10 Å². The van der Waals surface area contributed by atoms with Gasteiger partial charge < -0.3 is 0 Å². The molecule has 88 valence electrons. The van der Waals surface area contributed by atoms with Gasteiger partial charge in [0.05, 0.1) is 17.2 Å². The zero-order valence-electron chi connectivity index (χ0n) is 8.53. The maximum atomic E-state index is 11.8. The van der Waals surface area contributed by atoms with Gasteiger partial charge in [0.1, 0.15) is 5.02 Å². The lowest BCUT2D eigenvalue weighted by Crippen LogP contribution is -2.23. The molecule has 0 N–H and O–H groups in total. The van der Waals surface area contributed by atoms with Crippen molar-refractivity contribution in [1.82, 2.24) is 9.78 Å². The van der Waals surface area contributed by atoms with Crippen molar-refractivity contribution in [3.63, 3.8) is 0 Å². The fourth-order valence-electron chi connectivity index (χ4n) is 1.35. The average Bonchev–Trinajstić information content (AvgIpc) is 2.32. The van der Waals surface area contributed by atoms with Gasteiger partial charge in [0.25, 0.3) is 5.56 Å². The molecule has 0 amide bonds. The smallest absolute Gasteiger partial charge is 0.266 e. The third-order valence-corrected chi connectivity index (χ3v) is 3.78. The van der Waals surface area contributed by atoms with E-state index in [9.17, 15) is 4.79 Å². The van der Waals surface area contributed by atoms with E-state index in [0.717, 1.165) is 5.56 Å². The molecule has 1 aromatic heterocycles. The number of nitrogens with zero attached hydrogens (tertiary/aromatic N) is 2. The number of halogens is 3. The summed E-state index contributed by atoms with van der Waals surface area (Å²) < 4.78 is 1.76. The largest absolute Gasteiger partial charge is 0.286 e. The standard InChI is InChI=1S/C11H7BrCl2N2O/c12-8-5-15-16(11(17)10(8)14)6-7-3-1-2-4-9(7)13/h1-5H,6H2. The van der Waals surface area contributed by atoms with Gasteiger partial charge in [0.2, 0.25) is 0 Å². The molecule has 0 unspecified atom stereocenters.